The first-order chi connectivity index (χ1) is 8.94. The van der Waals surface area contributed by atoms with E-state index in [0.29, 0.717) is 13.1 Å². The number of likely N-dealkylation sites (tertiary alicyclic amines) is 1. The van der Waals surface area contributed by atoms with Gasteiger partial charge in [0.1, 0.15) is 0 Å². The van der Waals surface area contributed by atoms with Gasteiger partial charge in [-0.1, -0.05) is 26.7 Å². The standard InChI is InChI=1S/C14H25NO4/c1-3-5-6-11(4-2)12(16)15-9-7-14(19,8-10-15)13(17)18/h11,19H,3-10H2,1-2H3,(H,17,18). The molecule has 110 valence electrons. The number of aliphatic carboxylic acids is 1. The molecule has 2 N–H and O–H groups in total. The maximum absolute atomic E-state index is 12.3. The fraction of sp³-hybridized carbons (Fsp3) is 0.857. The average Bonchev–Trinajstić information content (AvgIpc) is 2.40. The number of carbonyl (C=O) groups is 2. The lowest BCUT2D eigenvalue weighted by Gasteiger charge is -2.36. The van der Waals surface area contributed by atoms with E-state index in [0.717, 1.165) is 25.7 Å². The van der Waals surface area contributed by atoms with Crippen LogP contribution in [0.4, 0.5) is 0 Å². The van der Waals surface area contributed by atoms with Crippen molar-refractivity contribution in [2.24, 2.45) is 5.92 Å². The third kappa shape index (κ3) is 3.93. The van der Waals surface area contributed by atoms with Crippen LogP contribution in [-0.2, 0) is 9.59 Å². The van der Waals surface area contributed by atoms with Crippen LogP contribution in [-0.4, -0.2) is 45.7 Å². The molecule has 0 aromatic carbocycles. The molecule has 0 aromatic heterocycles. The van der Waals surface area contributed by atoms with Gasteiger partial charge in [0.05, 0.1) is 0 Å². The first-order valence-electron chi connectivity index (χ1n) is 7.19. The number of aliphatic hydroxyl groups is 1. The maximum atomic E-state index is 12.3. The van der Waals surface area contributed by atoms with Gasteiger partial charge in [0.15, 0.2) is 5.60 Å². The van der Waals surface area contributed by atoms with E-state index in [1.165, 1.54) is 0 Å². The Bertz CT molecular complexity index is 321. The molecule has 1 heterocycles. The van der Waals surface area contributed by atoms with Crippen LogP contribution in [0.2, 0.25) is 0 Å². The highest BCUT2D eigenvalue weighted by Crippen LogP contribution is 2.25. The van der Waals surface area contributed by atoms with Crippen LogP contribution in [0.15, 0.2) is 0 Å². The summed E-state index contributed by atoms with van der Waals surface area (Å²) < 4.78 is 0. The molecule has 1 atom stereocenters. The van der Waals surface area contributed by atoms with Crippen molar-refractivity contribution in [2.45, 2.75) is 58.0 Å². The lowest BCUT2D eigenvalue weighted by molar-refractivity contribution is -0.166. The summed E-state index contributed by atoms with van der Waals surface area (Å²) in [5.41, 5.74) is -1.65. The minimum Gasteiger partial charge on any atom is -0.479 e. The predicted molar refractivity (Wildman–Crippen MR) is 71.7 cm³/mol. The molecule has 1 saturated heterocycles. The molecular weight excluding hydrogens is 246 g/mol. The zero-order valence-corrected chi connectivity index (χ0v) is 11.9. The summed E-state index contributed by atoms with van der Waals surface area (Å²) >= 11 is 0. The van der Waals surface area contributed by atoms with Gasteiger partial charge in [-0.15, -0.1) is 0 Å². The summed E-state index contributed by atoms with van der Waals surface area (Å²) in [5.74, 6) is -1.03. The average molecular weight is 271 g/mol. The number of hydrogen-bond donors (Lipinski definition) is 2. The van der Waals surface area contributed by atoms with E-state index in [9.17, 15) is 14.7 Å². The predicted octanol–water partition coefficient (Wildman–Crippen LogP) is 1.64. The SMILES string of the molecule is CCCCC(CC)C(=O)N1CCC(O)(C(=O)O)CC1. The Kier molecular flexibility index (Phi) is 5.79. The summed E-state index contributed by atoms with van der Waals surface area (Å²) in [4.78, 5) is 25.0. The molecule has 0 radical (unpaired) electrons. The van der Waals surface area contributed by atoms with Gasteiger partial charge in [0, 0.05) is 31.8 Å². The van der Waals surface area contributed by atoms with Gasteiger partial charge in [-0.2, -0.15) is 0 Å². The highest BCUT2D eigenvalue weighted by Gasteiger charge is 2.41. The Morgan fingerprint density at radius 2 is 1.84 bits per heavy atom. The number of unbranched alkanes of at least 4 members (excludes halogenated alkanes) is 1. The molecule has 1 aliphatic rings. The topological polar surface area (TPSA) is 77.8 Å². The lowest BCUT2D eigenvalue weighted by Crippen LogP contribution is -2.51. The highest BCUT2D eigenvalue weighted by molar-refractivity contribution is 5.80. The van der Waals surface area contributed by atoms with Crippen LogP contribution in [0.25, 0.3) is 0 Å². The first kappa shape index (κ1) is 16.0. The van der Waals surface area contributed by atoms with Crippen molar-refractivity contribution in [3.05, 3.63) is 0 Å². The van der Waals surface area contributed by atoms with E-state index in [2.05, 4.69) is 6.92 Å². The zero-order chi connectivity index (χ0) is 14.5. The Morgan fingerprint density at radius 3 is 2.26 bits per heavy atom. The molecule has 0 aromatic rings. The summed E-state index contributed by atoms with van der Waals surface area (Å²) in [6.45, 7) is 4.79. The van der Waals surface area contributed by atoms with Gasteiger partial charge in [-0.25, -0.2) is 4.79 Å². The molecule has 5 heteroatoms. The van der Waals surface area contributed by atoms with Crippen LogP contribution in [0.5, 0.6) is 0 Å². The number of hydrogen-bond acceptors (Lipinski definition) is 3. The first-order valence-corrected chi connectivity index (χ1v) is 7.19. The largest absolute Gasteiger partial charge is 0.479 e. The maximum Gasteiger partial charge on any atom is 0.335 e. The molecule has 0 aliphatic carbocycles. The van der Waals surface area contributed by atoms with Gasteiger partial charge in [0.25, 0.3) is 0 Å². The third-order valence-corrected chi connectivity index (χ3v) is 4.05. The molecule has 1 amide bonds. The summed E-state index contributed by atoms with van der Waals surface area (Å²) in [7, 11) is 0. The number of rotatable bonds is 6. The van der Waals surface area contributed by atoms with Crippen LogP contribution in [0.1, 0.15) is 52.4 Å². The molecule has 1 unspecified atom stereocenters. The van der Waals surface area contributed by atoms with Gasteiger partial charge in [-0.3, -0.25) is 4.79 Å². The Labute approximate surface area is 114 Å². The summed E-state index contributed by atoms with van der Waals surface area (Å²) in [5, 5.41) is 18.8. The summed E-state index contributed by atoms with van der Waals surface area (Å²) in [6, 6.07) is 0. The van der Waals surface area contributed by atoms with Crippen molar-refractivity contribution in [2.75, 3.05) is 13.1 Å². The lowest BCUT2D eigenvalue weighted by atomic mass is 9.90. The van der Waals surface area contributed by atoms with Crippen molar-refractivity contribution >= 4 is 11.9 Å². The quantitative estimate of drug-likeness (QED) is 0.770. The minimum absolute atomic E-state index is 0.0379. The number of carboxylic acids is 1. The van der Waals surface area contributed by atoms with E-state index >= 15 is 0 Å². The number of nitrogens with zero attached hydrogens (tertiary/aromatic N) is 1. The van der Waals surface area contributed by atoms with Crippen molar-refractivity contribution in [1.29, 1.82) is 0 Å². The van der Waals surface area contributed by atoms with E-state index in [4.69, 9.17) is 5.11 Å². The zero-order valence-electron chi connectivity index (χ0n) is 11.9. The molecule has 0 bridgehead atoms. The Hall–Kier alpha value is -1.10. The molecule has 0 saturated carbocycles. The Balaban J connectivity index is 2.54. The van der Waals surface area contributed by atoms with Crippen molar-refractivity contribution < 1.29 is 19.8 Å². The smallest absolute Gasteiger partial charge is 0.335 e. The van der Waals surface area contributed by atoms with Crippen LogP contribution in [0, 0.1) is 5.92 Å². The number of carboxylic acid groups (broad SMARTS) is 1. The molecule has 1 fully saturated rings. The van der Waals surface area contributed by atoms with Gasteiger partial charge >= 0.3 is 5.97 Å². The third-order valence-electron chi connectivity index (χ3n) is 4.05. The second-order valence-corrected chi connectivity index (χ2v) is 5.41. The number of piperidine rings is 1. The van der Waals surface area contributed by atoms with E-state index in [1.54, 1.807) is 4.90 Å². The van der Waals surface area contributed by atoms with Gasteiger partial charge in [-0.05, 0) is 12.8 Å². The van der Waals surface area contributed by atoms with E-state index in [1.807, 2.05) is 6.92 Å². The molecule has 0 spiro atoms. The minimum atomic E-state index is -1.65. The summed E-state index contributed by atoms with van der Waals surface area (Å²) in [6.07, 6.45) is 4.07. The molecule has 19 heavy (non-hydrogen) atoms. The molecular formula is C14H25NO4. The Morgan fingerprint density at radius 1 is 1.26 bits per heavy atom. The van der Waals surface area contributed by atoms with Crippen LogP contribution < -0.4 is 0 Å². The van der Waals surface area contributed by atoms with E-state index < -0.39 is 11.6 Å². The van der Waals surface area contributed by atoms with E-state index in [-0.39, 0.29) is 24.7 Å². The highest BCUT2D eigenvalue weighted by atomic mass is 16.4. The second-order valence-electron chi connectivity index (χ2n) is 5.41. The van der Waals surface area contributed by atoms with Crippen molar-refractivity contribution in [3.63, 3.8) is 0 Å². The fourth-order valence-corrected chi connectivity index (χ4v) is 2.52. The molecule has 1 rings (SSSR count). The number of amides is 1. The monoisotopic (exact) mass is 271 g/mol. The molecule has 1 aliphatic heterocycles. The van der Waals surface area contributed by atoms with Crippen LogP contribution in [0.3, 0.4) is 0 Å². The van der Waals surface area contributed by atoms with Crippen molar-refractivity contribution in [3.8, 4) is 0 Å². The molecule has 5 nitrogen and oxygen atoms in total. The van der Waals surface area contributed by atoms with Crippen LogP contribution >= 0.6 is 0 Å². The van der Waals surface area contributed by atoms with Crippen molar-refractivity contribution in [1.82, 2.24) is 4.90 Å². The number of carbonyl (C=O) groups excluding carboxylic acids is 1. The van der Waals surface area contributed by atoms with Gasteiger partial charge < -0.3 is 15.1 Å². The second kappa shape index (κ2) is 6.89. The van der Waals surface area contributed by atoms with Gasteiger partial charge in [0.2, 0.25) is 5.91 Å². The normalized spacial score (nSPS) is 20.1. The fourth-order valence-electron chi connectivity index (χ4n) is 2.52.